The van der Waals surface area contributed by atoms with Gasteiger partial charge in [-0.1, -0.05) is 0 Å². The molecule has 3 aromatic heterocycles. The number of pyridine rings is 2. The molecule has 1 amide bonds. The van der Waals surface area contributed by atoms with E-state index in [4.69, 9.17) is 4.98 Å². The molecule has 0 unspecified atom stereocenters. The molecule has 1 aliphatic heterocycles. The first-order valence-corrected chi connectivity index (χ1v) is 9.74. The number of hydrogen-bond donors (Lipinski definition) is 2. The Balaban J connectivity index is 1.67. The molecule has 132 valence electrons. The topological polar surface area (TPSA) is 71.8 Å². The Morgan fingerprint density at radius 1 is 1.27 bits per heavy atom. The maximum Gasteiger partial charge on any atom is 0.253 e. The van der Waals surface area contributed by atoms with Crippen molar-refractivity contribution in [3.63, 3.8) is 0 Å². The van der Waals surface area contributed by atoms with Crippen LogP contribution in [0.15, 0.2) is 30.5 Å². The minimum atomic E-state index is -0.00162. The summed E-state index contributed by atoms with van der Waals surface area (Å²) in [4.78, 5) is 21.5. The molecule has 4 heterocycles. The van der Waals surface area contributed by atoms with E-state index in [1.807, 2.05) is 24.3 Å². The molecule has 1 saturated carbocycles. The number of halogens is 1. The summed E-state index contributed by atoms with van der Waals surface area (Å²) in [6, 6.07) is 7.94. The number of amides is 1. The quantitative estimate of drug-likeness (QED) is 0.588. The number of rotatable bonds is 3. The zero-order chi connectivity index (χ0) is 17.9. The van der Waals surface area contributed by atoms with Crippen molar-refractivity contribution in [2.75, 3.05) is 11.9 Å². The number of hydrogen-bond acceptors (Lipinski definition) is 4. The van der Waals surface area contributed by atoms with Crippen LogP contribution >= 0.6 is 22.9 Å². The lowest BCUT2D eigenvalue weighted by atomic mass is 10.1. The van der Waals surface area contributed by atoms with Crippen molar-refractivity contribution in [2.45, 2.75) is 31.7 Å². The third-order valence-electron chi connectivity index (χ3n) is 5.22. The van der Waals surface area contributed by atoms with Crippen LogP contribution < -0.4 is 10.6 Å². The van der Waals surface area contributed by atoms with Crippen LogP contribution in [0.2, 0.25) is 0 Å². The highest BCUT2D eigenvalue weighted by Crippen LogP contribution is 2.38. The van der Waals surface area contributed by atoms with Gasteiger partial charge < -0.3 is 10.6 Å². The maximum absolute atomic E-state index is 12.2. The van der Waals surface area contributed by atoms with Crippen LogP contribution in [-0.4, -0.2) is 30.7 Å². The second-order valence-corrected chi connectivity index (χ2v) is 8.25. The summed E-state index contributed by atoms with van der Waals surface area (Å²) in [7, 11) is 0. The molecule has 1 aliphatic carbocycles. The van der Waals surface area contributed by atoms with E-state index in [0.717, 1.165) is 45.8 Å². The van der Waals surface area contributed by atoms with Gasteiger partial charge in [-0.05, 0) is 44.0 Å². The number of carbonyl (C=O) groups excluding carboxylic acids is 1. The van der Waals surface area contributed by atoms with Gasteiger partial charge in [-0.25, -0.2) is 4.98 Å². The molecule has 0 radical (unpaired) electrons. The standard InChI is InChI=1S/C19H18IN5O/c1-19(6-7-19)24-16-3-2-13-17(23-16)11(4-8-21-13)15-10-12-14(25(15)20)5-9-22-18(12)26/h2-4,8,10H,5-7,9H2,1H3,(H,22,26)(H,23,24). The molecule has 0 aromatic carbocycles. The molecule has 6 nitrogen and oxygen atoms in total. The number of fused-ring (bicyclic) bond motifs is 2. The summed E-state index contributed by atoms with van der Waals surface area (Å²) in [6.07, 6.45) is 4.99. The van der Waals surface area contributed by atoms with Crippen LogP contribution in [-0.2, 0) is 6.42 Å². The van der Waals surface area contributed by atoms with Crippen LogP contribution in [0.25, 0.3) is 22.3 Å². The number of nitrogens with one attached hydrogen (secondary N) is 2. The van der Waals surface area contributed by atoms with Gasteiger partial charge in [-0.3, -0.25) is 12.6 Å². The van der Waals surface area contributed by atoms with E-state index < -0.39 is 0 Å². The minimum absolute atomic E-state index is 0.00162. The summed E-state index contributed by atoms with van der Waals surface area (Å²) in [6.45, 7) is 2.89. The van der Waals surface area contributed by atoms with Gasteiger partial charge in [0.1, 0.15) is 11.3 Å². The molecule has 0 saturated heterocycles. The van der Waals surface area contributed by atoms with Crippen LogP contribution in [0.4, 0.5) is 5.82 Å². The SMILES string of the molecule is CC1(Nc2ccc3nccc(-c4cc5c(n4I)CCNC5=O)c3n2)CC1. The van der Waals surface area contributed by atoms with Crippen LogP contribution in [0.3, 0.4) is 0 Å². The maximum atomic E-state index is 12.2. The predicted octanol–water partition coefficient (Wildman–Crippen LogP) is 3.55. The van der Waals surface area contributed by atoms with E-state index in [1.165, 1.54) is 12.8 Å². The van der Waals surface area contributed by atoms with Crippen molar-refractivity contribution in [1.82, 2.24) is 18.1 Å². The molecule has 26 heavy (non-hydrogen) atoms. The lowest BCUT2D eigenvalue weighted by molar-refractivity contribution is 0.0946. The number of nitrogens with zero attached hydrogens (tertiary/aromatic N) is 3. The number of aromatic nitrogens is 3. The summed E-state index contributed by atoms with van der Waals surface area (Å²) < 4.78 is 2.09. The van der Waals surface area contributed by atoms with Gasteiger partial charge in [0.2, 0.25) is 0 Å². The normalized spacial score (nSPS) is 17.7. The molecule has 1 fully saturated rings. The van der Waals surface area contributed by atoms with Crippen molar-refractivity contribution in [3.05, 3.63) is 41.7 Å². The van der Waals surface area contributed by atoms with Gasteiger partial charge in [0.05, 0.1) is 39.6 Å². The Kier molecular flexibility index (Phi) is 3.50. The molecular weight excluding hydrogens is 441 g/mol. The van der Waals surface area contributed by atoms with E-state index in [2.05, 4.69) is 48.2 Å². The Morgan fingerprint density at radius 3 is 2.88 bits per heavy atom. The van der Waals surface area contributed by atoms with Crippen LogP contribution in [0.1, 0.15) is 35.8 Å². The molecule has 0 atom stereocenters. The average Bonchev–Trinajstić information content (AvgIpc) is 3.26. The second-order valence-electron chi connectivity index (χ2n) is 7.29. The van der Waals surface area contributed by atoms with Crippen LogP contribution in [0.5, 0.6) is 0 Å². The Bertz CT molecular complexity index is 1050. The second kappa shape index (κ2) is 5.67. The first-order chi connectivity index (χ1) is 12.5. The summed E-state index contributed by atoms with van der Waals surface area (Å²) in [5, 5.41) is 6.44. The first-order valence-electron chi connectivity index (χ1n) is 8.77. The van der Waals surface area contributed by atoms with Gasteiger partial charge in [0.25, 0.3) is 5.91 Å². The van der Waals surface area contributed by atoms with Crippen molar-refractivity contribution in [2.24, 2.45) is 0 Å². The molecule has 5 rings (SSSR count). The van der Waals surface area contributed by atoms with Gasteiger partial charge >= 0.3 is 0 Å². The van der Waals surface area contributed by atoms with E-state index in [1.54, 1.807) is 6.20 Å². The summed E-state index contributed by atoms with van der Waals surface area (Å²) in [5.74, 6) is 0.874. The van der Waals surface area contributed by atoms with E-state index in [-0.39, 0.29) is 11.4 Å². The lowest BCUT2D eigenvalue weighted by Gasteiger charge is -2.14. The minimum Gasteiger partial charge on any atom is -0.365 e. The first kappa shape index (κ1) is 16.0. The lowest BCUT2D eigenvalue weighted by Crippen LogP contribution is -2.31. The van der Waals surface area contributed by atoms with E-state index >= 15 is 0 Å². The molecule has 3 aromatic rings. The van der Waals surface area contributed by atoms with Crippen molar-refractivity contribution >= 4 is 45.6 Å². The van der Waals surface area contributed by atoms with E-state index in [0.29, 0.717) is 6.54 Å². The van der Waals surface area contributed by atoms with Gasteiger partial charge in [0, 0.05) is 36.0 Å². The van der Waals surface area contributed by atoms with Crippen LogP contribution in [0, 0.1) is 0 Å². The average molecular weight is 459 g/mol. The number of anilines is 1. The molecule has 7 heteroatoms. The number of carbonyl (C=O) groups is 1. The van der Waals surface area contributed by atoms with Gasteiger partial charge in [-0.15, -0.1) is 0 Å². The smallest absolute Gasteiger partial charge is 0.253 e. The van der Waals surface area contributed by atoms with Crippen molar-refractivity contribution < 1.29 is 4.79 Å². The Hall–Kier alpha value is -2.16. The summed E-state index contributed by atoms with van der Waals surface area (Å²) in [5.41, 5.74) is 5.69. The third kappa shape index (κ3) is 2.56. The highest BCUT2D eigenvalue weighted by atomic mass is 127. The Morgan fingerprint density at radius 2 is 2.12 bits per heavy atom. The monoisotopic (exact) mass is 459 g/mol. The fourth-order valence-electron chi connectivity index (χ4n) is 3.45. The van der Waals surface area contributed by atoms with Crippen molar-refractivity contribution in [3.8, 4) is 11.3 Å². The summed E-state index contributed by atoms with van der Waals surface area (Å²) >= 11 is 2.28. The molecule has 0 bridgehead atoms. The molecule has 0 spiro atoms. The zero-order valence-electron chi connectivity index (χ0n) is 14.3. The van der Waals surface area contributed by atoms with Crippen molar-refractivity contribution in [1.29, 1.82) is 0 Å². The van der Waals surface area contributed by atoms with Gasteiger partial charge in [0.15, 0.2) is 0 Å². The molecule has 2 N–H and O–H groups in total. The molecular formula is C19H18IN5O. The highest BCUT2D eigenvalue weighted by molar-refractivity contribution is 14.1. The highest BCUT2D eigenvalue weighted by Gasteiger charge is 2.37. The Labute approximate surface area is 164 Å². The van der Waals surface area contributed by atoms with E-state index in [9.17, 15) is 4.79 Å². The van der Waals surface area contributed by atoms with Gasteiger partial charge in [-0.2, -0.15) is 0 Å². The largest absolute Gasteiger partial charge is 0.365 e. The third-order valence-corrected chi connectivity index (χ3v) is 6.32. The molecule has 2 aliphatic rings. The fourth-order valence-corrected chi connectivity index (χ4v) is 4.35. The zero-order valence-corrected chi connectivity index (χ0v) is 16.5. The fraction of sp³-hybridized carbons (Fsp3) is 0.316. The predicted molar refractivity (Wildman–Crippen MR) is 110 cm³/mol.